The number of aliphatic carboxylic acids is 1. The third-order valence-electron chi connectivity index (χ3n) is 11.1. The number of hydrogen-bond acceptors (Lipinski definition) is 4. The van der Waals surface area contributed by atoms with Gasteiger partial charge < -0.3 is 19.9 Å². The van der Waals surface area contributed by atoms with Gasteiger partial charge in [-0.05, 0) is 112 Å². The molecular formula is C31H51NO5. The molecule has 0 saturated heterocycles. The van der Waals surface area contributed by atoms with E-state index in [1.807, 2.05) is 0 Å². The lowest BCUT2D eigenvalue weighted by molar-refractivity contribution is -0.140. The van der Waals surface area contributed by atoms with Crippen LogP contribution in [0.5, 0.6) is 0 Å². The minimum Gasteiger partial charge on any atom is -0.480 e. The van der Waals surface area contributed by atoms with Crippen LogP contribution in [-0.4, -0.2) is 42.5 Å². The van der Waals surface area contributed by atoms with E-state index in [1.165, 1.54) is 83.5 Å². The Morgan fingerprint density at radius 1 is 0.676 bits per heavy atom. The van der Waals surface area contributed by atoms with E-state index in [-0.39, 0.29) is 0 Å². The van der Waals surface area contributed by atoms with Crippen LogP contribution in [0.25, 0.3) is 0 Å². The van der Waals surface area contributed by atoms with Crippen molar-refractivity contribution in [3.63, 3.8) is 0 Å². The molecule has 210 valence electrons. The molecular weight excluding hydrogens is 466 g/mol. The maximum Gasteiger partial charge on any atom is 0.407 e. The molecule has 0 heterocycles. The van der Waals surface area contributed by atoms with Crippen LogP contribution in [0.1, 0.15) is 116 Å². The van der Waals surface area contributed by atoms with Gasteiger partial charge in [-0.3, -0.25) is 0 Å². The molecule has 5 saturated carbocycles. The molecule has 0 bridgehead atoms. The molecule has 5 fully saturated rings. The van der Waals surface area contributed by atoms with Crippen molar-refractivity contribution in [2.75, 3.05) is 13.2 Å². The van der Waals surface area contributed by atoms with Crippen LogP contribution in [-0.2, 0) is 14.3 Å². The molecule has 37 heavy (non-hydrogen) atoms. The molecule has 0 aromatic rings. The number of rotatable bonds is 9. The third kappa shape index (κ3) is 7.02. The summed E-state index contributed by atoms with van der Waals surface area (Å²) in [5.41, 5.74) is 0. The highest BCUT2D eigenvalue weighted by atomic mass is 16.5. The van der Waals surface area contributed by atoms with Gasteiger partial charge in [0.1, 0.15) is 6.04 Å². The SMILES string of the molecule is O=C(NC(CC1CCC(OCC2CCCCC2)CC1)C(=O)O)OCC1C2CCCCC2C2CCCCC21. The lowest BCUT2D eigenvalue weighted by Gasteiger charge is -2.32. The molecule has 5 rings (SSSR count). The number of ether oxygens (including phenoxy) is 2. The maximum absolute atomic E-state index is 12.7. The van der Waals surface area contributed by atoms with E-state index in [2.05, 4.69) is 5.32 Å². The quantitative estimate of drug-likeness (QED) is 0.345. The number of hydrogen-bond donors (Lipinski definition) is 2. The van der Waals surface area contributed by atoms with Gasteiger partial charge in [-0.2, -0.15) is 0 Å². The Labute approximate surface area is 224 Å². The minimum absolute atomic E-state index is 0.316. The lowest BCUT2D eigenvalue weighted by atomic mass is 9.73. The van der Waals surface area contributed by atoms with E-state index in [0.29, 0.717) is 42.8 Å². The highest BCUT2D eigenvalue weighted by Gasteiger charge is 2.51. The molecule has 6 nitrogen and oxygen atoms in total. The summed E-state index contributed by atoms with van der Waals surface area (Å²) in [6.07, 6.45) is 21.5. The van der Waals surface area contributed by atoms with Crippen molar-refractivity contribution in [3.05, 3.63) is 0 Å². The van der Waals surface area contributed by atoms with Gasteiger partial charge in [-0.15, -0.1) is 0 Å². The van der Waals surface area contributed by atoms with Crippen molar-refractivity contribution >= 4 is 12.1 Å². The fourth-order valence-electron chi connectivity index (χ4n) is 9.14. The fraction of sp³-hybridized carbons (Fsp3) is 0.935. The van der Waals surface area contributed by atoms with E-state index < -0.39 is 18.1 Å². The second-order valence-corrected chi connectivity index (χ2v) is 13.2. The van der Waals surface area contributed by atoms with Crippen molar-refractivity contribution in [1.29, 1.82) is 0 Å². The number of fused-ring (bicyclic) bond motifs is 3. The molecule has 1 amide bonds. The van der Waals surface area contributed by atoms with Crippen molar-refractivity contribution in [3.8, 4) is 0 Å². The molecule has 2 N–H and O–H groups in total. The summed E-state index contributed by atoms with van der Waals surface area (Å²) in [5.74, 6) is 3.60. The maximum atomic E-state index is 12.7. The molecule has 0 aliphatic heterocycles. The Kier molecular flexibility index (Phi) is 9.71. The number of carboxylic acid groups (broad SMARTS) is 1. The Morgan fingerprint density at radius 3 is 1.84 bits per heavy atom. The van der Waals surface area contributed by atoms with Crippen LogP contribution in [0.2, 0.25) is 0 Å². The Balaban J connectivity index is 1.05. The standard InChI is InChI=1S/C31H51NO5/c33-30(34)29(18-21-14-16-23(17-15-21)36-19-22-8-2-1-3-9-22)32-31(35)37-20-28-26-12-6-4-10-24(26)25-11-5-7-13-27(25)28/h21-29H,1-20H2,(H,32,35)(H,33,34). The Hall–Kier alpha value is -1.30. The van der Waals surface area contributed by atoms with Gasteiger partial charge in [-0.1, -0.05) is 44.9 Å². The van der Waals surface area contributed by atoms with Gasteiger partial charge in [0.25, 0.3) is 0 Å². The summed E-state index contributed by atoms with van der Waals surface area (Å²) >= 11 is 0. The zero-order chi connectivity index (χ0) is 25.6. The number of carbonyl (C=O) groups is 2. The first kappa shape index (κ1) is 27.3. The van der Waals surface area contributed by atoms with Crippen LogP contribution >= 0.6 is 0 Å². The number of carboxylic acids is 1. The zero-order valence-electron chi connectivity index (χ0n) is 22.9. The average Bonchev–Trinajstić information content (AvgIpc) is 3.25. The third-order valence-corrected chi connectivity index (χ3v) is 11.1. The number of alkyl carbamates (subject to hydrolysis) is 1. The zero-order valence-corrected chi connectivity index (χ0v) is 22.9. The molecule has 0 aromatic carbocycles. The van der Waals surface area contributed by atoms with Crippen LogP contribution in [0.3, 0.4) is 0 Å². The summed E-state index contributed by atoms with van der Waals surface area (Å²) < 4.78 is 12.0. The molecule has 5 aliphatic carbocycles. The summed E-state index contributed by atoms with van der Waals surface area (Å²) in [5, 5.41) is 12.5. The molecule has 5 unspecified atom stereocenters. The van der Waals surface area contributed by atoms with Crippen LogP contribution in [0.15, 0.2) is 0 Å². The van der Waals surface area contributed by atoms with Crippen LogP contribution in [0, 0.1) is 41.4 Å². The first-order valence-corrected chi connectivity index (χ1v) is 15.9. The van der Waals surface area contributed by atoms with Gasteiger partial charge in [0.2, 0.25) is 0 Å². The number of carbonyl (C=O) groups excluding carboxylic acids is 1. The summed E-state index contributed by atoms with van der Waals surface area (Å²) in [6.45, 7) is 1.36. The lowest BCUT2D eigenvalue weighted by Crippen LogP contribution is -2.43. The average molecular weight is 518 g/mol. The smallest absolute Gasteiger partial charge is 0.407 e. The van der Waals surface area contributed by atoms with Gasteiger partial charge >= 0.3 is 12.1 Å². The van der Waals surface area contributed by atoms with E-state index in [4.69, 9.17) is 9.47 Å². The van der Waals surface area contributed by atoms with Crippen LogP contribution < -0.4 is 5.32 Å². The summed E-state index contributed by atoms with van der Waals surface area (Å²) in [7, 11) is 0. The van der Waals surface area contributed by atoms with Crippen LogP contribution in [0.4, 0.5) is 4.79 Å². The summed E-state index contributed by atoms with van der Waals surface area (Å²) in [4.78, 5) is 24.7. The summed E-state index contributed by atoms with van der Waals surface area (Å²) in [6, 6.07) is -0.870. The molecule has 6 heteroatoms. The predicted molar refractivity (Wildman–Crippen MR) is 143 cm³/mol. The monoisotopic (exact) mass is 517 g/mol. The van der Waals surface area contributed by atoms with Gasteiger partial charge in [0.05, 0.1) is 12.7 Å². The largest absolute Gasteiger partial charge is 0.480 e. The van der Waals surface area contributed by atoms with E-state index >= 15 is 0 Å². The van der Waals surface area contributed by atoms with Crippen molar-refractivity contribution in [1.82, 2.24) is 5.32 Å². The first-order chi connectivity index (χ1) is 18.1. The fourth-order valence-corrected chi connectivity index (χ4v) is 9.14. The van der Waals surface area contributed by atoms with Gasteiger partial charge in [0, 0.05) is 6.61 Å². The topological polar surface area (TPSA) is 84.9 Å². The van der Waals surface area contributed by atoms with Gasteiger partial charge in [0.15, 0.2) is 0 Å². The van der Waals surface area contributed by atoms with E-state index in [1.54, 1.807) is 0 Å². The number of amides is 1. The Morgan fingerprint density at radius 2 is 1.24 bits per heavy atom. The minimum atomic E-state index is -0.951. The Bertz CT molecular complexity index is 722. The van der Waals surface area contributed by atoms with Gasteiger partial charge in [-0.25, -0.2) is 9.59 Å². The van der Waals surface area contributed by atoms with Crippen molar-refractivity contribution in [2.24, 2.45) is 41.4 Å². The highest BCUT2D eigenvalue weighted by Crippen LogP contribution is 2.57. The second kappa shape index (κ2) is 13.2. The normalized spacial score (nSPS) is 37.2. The molecule has 5 atom stereocenters. The molecule has 0 spiro atoms. The number of nitrogens with one attached hydrogen (secondary N) is 1. The van der Waals surface area contributed by atoms with E-state index in [0.717, 1.165) is 50.0 Å². The highest BCUT2D eigenvalue weighted by molar-refractivity contribution is 5.79. The molecule has 0 radical (unpaired) electrons. The van der Waals surface area contributed by atoms with Crippen molar-refractivity contribution < 1.29 is 24.2 Å². The first-order valence-electron chi connectivity index (χ1n) is 15.9. The molecule has 0 aromatic heterocycles. The second-order valence-electron chi connectivity index (χ2n) is 13.2. The molecule has 5 aliphatic rings. The van der Waals surface area contributed by atoms with E-state index in [9.17, 15) is 14.7 Å². The predicted octanol–water partition coefficient (Wildman–Crippen LogP) is 6.95. The van der Waals surface area contributed by atoms with Crippen molar-refractivity contribution in [2.45, 2.75) is 128 Å².